The van der Waals surface area contributed by atoms with Crippen molar-refractivity contribution in [2.24, 2.45) is 0 Å². The van der Waals surface area contributed by atoms with E-state index in [1.54, 1.807) is 0 Å². The summed E-state index contributed by atoms with van der Waals surface area (Å²) in [7, 11) is 1.46. The molecule has 3 atom stereocenters. The molecular formula is C76H136N2O7P+. The number of phosphoric acid groups is 1. The molecule has 10 heteroatoms. The van der Waals surface area contributed by atoms with Crippen molar-refractivity contribution in [3.63, 3.8) is 0 Å². The molecule has 2 N–H and O–H groups in total. The average Bonchev–Trinajstić information content (AvgIpc) is 3.66. The van der Waals surface area contributed by atoms with Gasteiger partial charge in [-0.05, 0) is 115 Å². The lowest BCUT2D eigenvalue weighted by Crippen LogP contribution is -2.47. The van der Waals surface area contributed by atoms with Crippen molar-refractivity contribution in [1.29, 1.82) is 0 Å². The number of amides is 1. The number of hydrogen-bond acceptors (Lipinski definition) is 6. The summed E-state index contributed by atoms with van der Waals surface area (Å²) in [4.78, 5) is 37.9. The second kappa shape index (κ2) is 64.6. The largest absolute Gasteiger partial charge is 0.472 e. The van der Waals surface area contributed by atoms with E-state index in [1.807, 2.05) is 33.3 Å². The highest BCUT2D eigenvalue weighted by Crippen LogP contribution is 2.43. The van der Waals surface area contributed by atoms with Crippen LogP contribution in [0.4, 0.5) is 0 Å². The third-order valence-electron chi connectivity index (χ3n) is 15.4. The normalized spacial score (nSPS) is 14.2. The van der Waals surface area contributed by atoms with Gasteiger partial charge in [-0.1, -0.05) is 291 Å². The number of esters is 1. The Kier molecular flexibility index (Phi) is 62.1. The Morgan fingerprint density at radius 3 is 1.15 bits per heavy atom. The molecule has 0 heterocycles. The highest BCUT2D eigenvalue weighted by Gasteiger charge is 2.30. The molecule has 0 aliphatic rings. The smallest absolute Gasteiger partial charge is 0.456 e. The molecule has 0 saturated carbocycles. The predicted octanol–water partition coefficient (Wildman–Crippen LogP) is 22.8. The fourth-order valence-corrected chi connectivity index (χ4v) is 10.7. The van der Waals surface area contributed by atoms with Crippen molar-refractivity contribution in [3.8, 4) is 0 Å². The van der Waals surface area contributed by atoms with Gasteiger partial charge in [0.25, 0.3) is 0 Å². The fourth-order valence-electron chi connectivity index (χ4n) is 9.98. The second-order valence-electron chi connectivity index (χ2n) is 25.0. The molecule has 9 nitrogen and oxygen atoms in total. The first-order valence-corrected chi connectivity index (χ1v) is 37.2. The van der Waals surface area contributed by atoms with E-state index in [4.69, 9.17) is 13.8 Å². The molecule has 0 bridgehead atoms. The lowest BCUT2D eigenvalue weighted by atomic mass is 10.0. The van der Waals surface area contributed by atoms with Crippen LogP contribution >= 0.6 is 7.82 Å². The van der Waals surface area contributed by atoms with E-state index in [0.29, 0.717) is 17.4 Å². The number of ether oxygens (including phenoxy) is 1. The van der Waals surface area contributed by atoms with Crippen LogP contribution in [0.25, 0.3) is 0 Å². The van der Waals surface area contributed by atoms with Crippen molar-refractivity contribution in [1.82, 2.24) is 5.32 Å². The van der Waals surface area contributed by atoms with Gasteiger partial charge in [0.15, 0.2) is 0 Å². The zero-order chi connectivity index (χ0) is 62.8. The van der Waals surface area contributed by atoms with Gasteiger partial charge < -0.3 is 19.4 Å². The molecule has 0 aliphatic heterocycles. The summed E-state index contributed by atoms with van der Waals surface area (Å²) in [6, 6.07) is -0.878. The minimum atomic E-state index is -4.47. The van der Waals surface area contributed by atoms with Crippen LogP contribution in [0.5, 0.6) is 0 Å². The topological polar surface area (TPSA) is 111 Å². The Hall–Kier alpha value is -3.33. The number of carbonyl (C=O) groups is 2. The number of phosphoric ester groups is 1. The first-order valence-electron chi connectivity index (χ1n) is 35.7. The number of likely N-dealkylation sites (N-methyl/N-ethyl adjacent to an activating group) is 1. The average molecular weight is 1220 g/mol. The number of carbonyl (C=O) groups excluding carboxylic acids is 2. The summed E-state index contributed by atoms with van der Waals surface area (Å²) < 4.78 is 30.8. The molecule has 0 aliphatic carbocycles. The number of quaternary nitrogens is 1. The highest BCUT2D eigenvalue weighted by atomic mass is 31.2. The zero-order valence-electron chi connectivity index (χ0n) is 56.8. The van der Waals surface area contributed by atoms with Crippen molar-refractivity contribution in [2.45, 2.75) is 322 Å². The molecule has 0 rings (SSSR count). The zero-order valence-corrected chi connectivity index (χ0v) is 57.7. The maximum absolute atomic E-state index is 13.6. The predicted molar refractivity (Wildman–Crippen MR) is 373 cm³/mol. The minimum Gasteiger partial charge on any atom is -0.456 e. The Bertz CT molecular complexity index is 1840. The van der Waals surface area contributed by atoms with Crippen LogP contribution in [0.3, 0.4) is 0 Å². The molecule has 86 heavy (non-hydrogen) atoms. The molecule has 3 unspecified atom stereocenters. The van der Waals surface area contributed by atoms with Crippen LogP contribution in [-0.4, -0.2) is 74.3 Å². The molecule has 1 amide bonds. The van der Waals surface area contributed by atoms with E-state index in [1.165, 1.54) is 173 Å². The van der Waals surface area contributed by atoms with Gasteiger partial charge in [0.2, 0.25) is 5.91 Å². The lowest BCUT2D eigenvalue weighted by molar-refractivity contribution is -0.870. The van der Waals surface area contributed by atoms with Gasteiger partial charge >= 0.3 is 13.8 Å². The van der Waals surface area contributed by atoms with E-state index in [-0.39, 0.29) is 37.9 Å². The van der Waals surface area contributed by atoms with Crippen molar-refractivity contribution >= 4 is 19.7 Å². The first kappa shape index (κ1) is 82.7. The fraction of sp³-hybridized carbons (Fsp3) is 0.737. The molecule has 0 aromatic heterocycles. The number of nitrogens with zero attached hydrogens (tertiary/aromatic N) is 1. The monoisotopic (exact) mass is 1220 g/mol. The van der Waals surface area contributed by atoms with Gasteiger partial charge in [0.05, 0.1) is 33.8 Å². The molecule has 0 radical (unpaired) electrons. The molecule has 0 spiro atoms. The van der Waals surface area contributed by atoms with Crippen LogP contribution in [0, 0.1) is 0 Å². The summed E-state index contributed by atoms with van der Waals surface area (Å²) >= 11 is 0. The molecule has 0 fully saturated rings. The van der Waals surface area contributed by atoms with E-state index >= 15 is 0 Å². The summed E-state index contributed by atoms with van der Waals surface area (Å²) in [6.45, 7) is 6.86. The van der Waals surface area contributed by atoms with Crippen LogP contribution in [0.15, 0.2) is 109 Å². The van der Waals surface area contributed by atoms with Crippen LogP contribution in [0.1, 0.15) is 310 Å². The van der Waals surface area contributed by atoms with Gasteiger partial charge in [-0.3, -0.25) is 18.6 Å². The summed E-state index contributed by atoms with van der Waals surface area (Å²) in [5.41, 5.74) is 0. The molecular weight excluding hydrogens is 1080 g/mol. The number of rotatable bonds is 64. The van der Waals surface area contributed by atoms with Gasteiger partial charge in [-0.15, -0.1) is 0 Å². The standard InChI is InChI=1S/C76H135N2O7P/c1-7-10-13-16-19-22-25-28-30-32-34-36-37-38-39-40-41-43-45-47-49-51-54-57-60-63-66-69-76(80)85-74(67-64-61-58-55-52-27-24-21-18-15-12-9-3)73(72-84-86(81,82)83-71-70-78(4,5)6)77-75(79)68-65-62-59-56-53-50-48-46-44-42-35-33-31-29-26-23-20-17-14-11-8-2/h11,14,19-20,22-23,28-31,35,42,46,48,53,56,64,67,73-74H,7-10,12-13,15-18,21,24-27,32-34,36-41,43-45,47,49-52,54-55,57-63,65-66,68-72H2,1-6H3,(H-,77,79,81,82)/p+1/b14-11-,22-19-,23-20-,30-28-,31-29-,42-35-,48-46-,56-53-,67-64-. The van der Waals surface area contributed by atoms with E-state index < -0.39 is 20.0 Å². The second-order valence-corrected chi connectivity index (χ2v) is 26.5. The number of hydrogen-bond donors (Lipinski definition) is 2. The Labute approximate surface area is 531 Å². The Morgan fingerprint density at radius 2 is 0.744 bits per heavy atom. The van der Waals surface area contributed by atoms with Crippen molar-refractivity contribution in [3.05, 3.63) is 109 Å². The van der Waals surface area contributed by atoms with Crippen molar-refractivity contribution < 1.29 is 37.3 Å². The highest BCUT2D eigenvalue weighted by molar-refractivity contribution is 7.47. The van der Waals surface area contributed by atoms with Crippen LogP contribution in [-0.2, 0) is 27.9 Å². The van der Waals surface area contributed by atoms with Gasteiger partial charge in [-0.2, -0.15) is 0 Å². The number of allylic oxidation sites excluding steroid dienone is 17. The molecule has 496 valence electrons. The van der Waals surface area contributed by atoms with Crippen LogP contribution < -0.4 is 5.32 Å². The Balaban J connectivity index is 5.10. The van der Waals surface area contributed by atoms with Crippen molar-refractivity contribution in [2.75, 3.05) is 40.9 Å². The quantitative estimate of drug-likeness (QED) is 0.0205. The van der Waals surface area contributed by atoms with Gasteiger partial charge in [0, 0.05) is 12.8 Å². The molecule has 0 aromatic rings. The number of nitrogens with one attached hydrogen (secondary N) is 1. The summed E-state index contributed by atoms with van der Waals surface area (Å²) in [6.07, 6.45) is 89.7. The molecule has 0 aromatic carbocycles. The lowest BCUT2D eigenvalue weighted by Gasteiger charge is -2.27. The summed E-state index contributed by atoms with van der Waals surface area (Å²) in [5.74, 6) is -0.553. The first-order chi connectivity index (χ1) is 41.9. The maximum atomic E-state index is 13.6. The Morgan fingerprint density at radius 1 is 0.419 bits per heavy atom. The van der Waals surface area contributed by atoms with Crippen LogP contribution in [0.2, 0.25) is 0 Å². The van der Waals surface area contributed by atoms with E-state index in [9.17, 15) is 19.0 Å². The third kappa shape index (κ3) is 65.1. The SMILES string of the molecule is CC/C=C\C/C=C\C/C=C\C/C=C\C/C=C\C/C=C\CCCCC(=O)NC(COP(=O)(O)OCC[N+](C)(C)C)C(/C=C\CCCCCCCCCCCC)OC(=O)CCCCCCCCCCCCCCCCCCC/C=C\C/C=C\CCCCC. The molecule has 0 saturated heterocycles. The van der Waals surface area contributed by atoms with E-state index in [2.05, 4.69) is 123 Å². The number of unbranched alkanes of at least 4 members (excludes halogenated alkanes) is 32. The van der Waals surface area contributed by atoms with Gasteiger partial charge in [-0.25, -0.2) is 4.57 Å². The maximum Gasteiger partial charge on any atom is 0.472 e. The minimum absolute atomic E-state index is 0.0276. The van der Waals surface area contributed by atoms with E-state index in [0.717, 1.165) is 96.3 Å². The third-order valence-corrected chi connectivity index (χ3v) is 16.4. The summed E-state index contributed by atoms with van der Waals surface area (Å²) in [5, 5.41) is 3.04. The van der Waals surface area contributed by atoms with Gasteiger partial charge in [0.1, 0.15) is 19.3 Å².